The van der Waals surface area contributed by atoms with Gasteiger partial charge < -0.3 is 23.6 Å². The van der Waals surface area contributed by atoms with Gasteiger partial charge in [-0.2, -0.15) is 0 Å². The Kier molecular flexibility index (Phi) is 16.2. The standard InChI is InChI=1S/C31H59N4O8P/c1-12-44(39,40-11)22-21-32-13-15-33(23-26(36)41-29(2,3)4)17-19-35(25-28(38)43-31(8,9)10)20-18-34(16-14-32)24-27(37)42-30(5,6)7/h12H,1,13-25H2,2-11H3. The molecule has 1 fully saturated rings. The molecule has 1 heterocycles. The van der Waals surface area contributed by atoms with Gasteiger partial charge in [-0.15, -0.1) is 0 Å². The zero-order valence-corrected chi connectivity index (χ0v) is 29.9. The fourth-order valence-electron chi connectivity index (χ4n) is 4.48. The molecule has 256 valence electrons. The fourth-order valence-corrected chi connectivity index (χ4v) is 5.56. The molecule has 0 aromatic rings. The second-order valence-corrected chi connectivity index (χ2v) is 16.9. The van der Waals surface area contributed by atoms with E-state index in [-0.39, 0.29) is 37.5 Å². The highest BCUT2D eigenvalue weighted by Gasteiger charge is 2.26. The van der Waals surface area contributed by atoms with Gasteiger partial charge in [-0.25, -0.2) is 0 Å². The highest BCUT2D eigenvalue weighted by molar-refractivity contribution is 7.62. The van der Waals surface area contributed by atoms with Crippen LogP contribution >= 0.6 is 7.37 Å². The van der Waals surface area contributed by atoms with E-state index >= 15 is 0 Å². The van der Waals surface area contributed by atoms with Crippen LogP contribution in [-0.2, 0) is 37.7 Å². The van der Waals surface area contributed by atoms with Crippen LogP contribution in [0.15, 0.2) is 12.4 Å². The Bertz CT molecular complexity index is 941. The van der Waals surface area contributed by atoms with Crippen LogP contribution in [0.3, 0.4) is 0 Å². The molecule has 0 radical (unpaired) electrons. The second kappa shape index (κ2) is 17.8. The molecule has 44 heavy (non-hydrogen) atoms. The molecule has 1 unspecified atom stereocenters. The smallest absolute Gasteiger partial charge is 0.320 e. The Morgan fingerprint density at radius 2 is 0.886 bits per heavy atom. The normalized spacial score (nSPS) is 19.2. The van der Waals surface area contributed by atoms with Gasteiger partial charge in [0.05, 0.1) is 19.6 Å². The number of carbonyl (C=O) groups is 3. The highest BCUT2D eigenvalue weighted by Crippen LogP contribution is 2.46. The van der Waals surface area contributed by atoms with E-state index < -0.39 is 24.2 Å². The Labute approximate surface area is 265 Å². The van der Waals surface area contributed by atoms with Crippen LogP contribution in [0.2, 0.25) is 0 Å². The molecule has 0 aromatic carbocycles. The quantitative estimate of drug-likeness (QED) is 0.186. The van der Waals surface area contributed by atoms with Crippen molar-refractivity contribution in [1.82, 2.24) is 19.6 Å². The van der Waals surface area contributed by atoms with Crippen LogP contribution in [0.1, 0.15) is 62.3 Å². The van der Waals surface area contributed by atoms with E-state index in [1.54, 1.807) is 0 Å². The first-order chi connectivity index (χ1) is 20.1. The van der Waals surface area contributed by atoms with Crippen molar-refractivity contribution in [2.75, 3.05) is 91.8 Å². The summed E-state index contributed by atoms with van der Waals surface area (Å²) in [5, 5.41) is 0. The minimum absolute atomic E-state index is 0.0812. The Morgan fingerprint density at radius 3 is 1.11 bits per heavy atom. The Balaban J connectivity index is 3.24. The maximum Gasteiger partial charge on any atom is 0.320 e. The average Bonchev–Trinajstić information content (AvgIpc) is 2.84. The van der Waals surface area contributed by atoms with Crippen LogP contribution in [0.5, 0.6) is 0 Å². The predicted molar refractivity (Wildman–Crippen MR) is 173 cm³/mol. The van der Waals surface area contributed by atoms with Crippen LogP contribution in [0, 0.1) is 0 Å². The summed E-state index contributed by atoms with van der Waals surface area (Å²) in [5.41, 5.74) is -1.83. The molecule has 13 heteroatoms. The molecule has 1 saturated heterocycles. The number of hydrogen-bond acceptors (Lipinski definition) is 12. The largest absolute Gasteiger partial charge is 0.459 e. The molecule has 0 bridgehead atoms. The van der Waals surface area contributed by atoms with Gasteiger partial charge in [-0.05, 0) is 68.1 Å². The first-order valence-electron chi connectivity index (χ1n) is 15.4. The maximum atomic E-state index is 12.9. The summed E-state index contributed by atoms with van der Waals surface area (Å²) < 4.78 is 34.9. The lowest BCUT2D eigenvalue weighted by Crippen LogP contribution is -2.49. The Hall–Kier alpha value is -1.82. The summed E-state index contributed by atoms with van der Waals surface area (Å²) in [6.45, 7) is 25.2. The van der Waals surface area contributed by atoms with Gasteiger partial charge in [0.1, 0.15) is 16.8 Å². The van der Waals surface area contributed by atoms with Gasteiger partial charge in [0.15, 0.2) is 0 Å². The molecule has 1 atom stereocenters. The van der Waals surface area contributed by atoms with Gasteiger partial charge in [-0.1, -0.05) is 6.58 Å². The van der Waals surface area contributed by atoms with Crippen molar-refractivity contribution in [3.05, 3.63) is 12.4 Å². The molecule has 0 spiro atoms. The molecule has 1 rings (SSSR count). The van der Waals surface area contributed by atoms with Crippen molar-refractivity contribution in [3.63, 3.8) is 0 Å². The van der Waals surface area contributed by atoms with Crippen molar-refractivity contribution in [2.45, 2.75) is 79.1 Å². The molecule has 0 aliphatic carbocycles. The van der Waals surface area contributed by atoms with Gasteiger partial charge in [-0.3, -0.25) is 33.6 Å². The second-order valence-electron chi connectivity index (χ2n) is 14.2. The van der Waals surface area contributed by atoms with Crippen molar-refractivity contribution < 1.29 is 37.7 Å². The van der Waals surface area contributed by atoms with Gasteiger partial charge >= 0.3 is 17.9 Å². The summed E-state index contributed by atoms with van der Waals surface area (Å²) in [6.07, 6.45) is 0.300. The number of rotatable bonds is 11. The van der Waals surface area contributed by atoms with E-state index in [0.717, 1.165) is 0 Å². The minimum Gasteiger partial charge on any atom is -0.459 e. The summed E-state index contributed by atoms with van der Waals surface area (Å²) in [7, 11) is -1.55. The van der Waals surface area contributed by atoms with Crippen molar-refractivity contribution >= 4 is 25.3 Å². The zero-order chi connectivity index (χ0) is 33.8. The van der Waals surface area contributed by atoms with E-state index in [1.807, 2.05) is 77.0 Å². The topological polar surface area (TPSA) is 118 Å². The molecular formula is C31H59N4O8P. The van der Waals surface area contributed by atoms with Crippen molar-refractivity contribution in [1.29, 1.82) is 0 Å². The lowest BCUT2D eigenvalue weighted by molar-refractivity contribution is -0.158. The highest BCUT2D eigenvalue weighted by atomic mass is 31.2. The molecule has 0 amide bonds. The van der Waals surface area contributed by atoms with E-state index in [9.17, 15) is 18.9 Å². The molecule has 0 aromatic heterocycles. The number of ether oxygens (including phenoxy) is 3. The van der Waals surface area contributed by atoms with Crippen molar-refractivity contribution in [3.8, 4) is 0 Å². The zero-order valence-electron chi connectivity index (χ0n) is 29.0. The van der Waals surface area contributed by atoms with Gasteiger partial charge in [0, 0.05) is 72.2 Å². The molecule has 0 N–H and O–H groups in total. The van der Waals surface area contributed by atoms with Crippen LogP contribution in [0.25, 0.3) is 0 Å². The lowest BCUT2D eigenvalue weighted by atomic mass is 10.2. The van der Waals surface area contributed by atoms with Crippen LogP contribution in [-0.4, -0.2) is 146 Å². The van der Waals surface area contributed by atoms with E-state index in [2.05, 4.69) is 11.5 Å². The fraction of sp³-hybridized carbons (Fsp3) is 0.839. The number of esters is 3. The predicted octanol–water partition coefficient (Wildman–Crippen LogP) is 3.30. The van der Waals surface area contributed by atoms with Gasteiger partial charge in [0.25, 0.3) is 0 Å². The molecule has 1 aliphatic heterocycles. The lowest BCUT2D eigenvalue weighted by Gasteiger charge is -2.34. The van der Waals surface area contributed by atoms with Crippen LogP contribution < -0.4 is 0 Å². The summed E-state index contributed by atoms with van der Waals surface area (Å²) in [5.74, 6) is 0.396. The van der Waals surface area contributed by atoms with Crippen molar-refractivity contribution in [2.24, 2.45) is 0 Å². The number of carbonyl (C=O) groups excluding carboxylic acids is 3. The maximum absolute atomic E-state index is 12.9. The first-order valence-corrected chi connectivity index (χ1v) is 17.3. The molecule has 12 nitrogen and oxygen atoms in total. The number of nitrogens with zero attached hydrogens (tertiary/aromatic N) is 4. The number of hydrogen-bond donors (Lipinski definition) is 0. The Morgan fingerprint density at radius 1 is 0.614 bits per heavy atom. The molecule has 1 aliphatic rings. The third kappa shape index (κ3) is 18.9. The third-order valence-corrected chi connectivity index (χ3v) is 8.56. The summed E-state index contributed by atoms with van der Waals surface area (Å²) >= 11 is 0. The summed E-state index contributed by atoms with van der Waals surface area (Å²) in [4.78, 5) is 46.6. The van der Waals surface area contributed by atoms with Crippen LogP contribution in [0.4, 0.5) is 0 Å². The summed E-state index contributed by atoms with van der Waals surface area (Å²) in [6, 6.07) is 0. The molecule has 0 saturated carbocycles. The van der Waals surface area contributed by atoms with E-state index in [0.29, 0.717) is 65.1 Å². The van der Waals surface area contributed by atoms with E-state index in [1.165, 1.54) is 12.9 Å². The first kappa shape index (κ1) is 40.2. The minimum atomic E-state index is -2.97. The third-order valence-electron chi connectivity index (χ3n) is 6.56. The average molecular weight is 647 g/mol. The molecular weight excluding hydrogens is 587 g/mol. The SMILES string of the molecule is C=CP(=O)(CCN1CCN(CC(=O)OC(C)(C)C)CCN(CC(=O)OC(C)(C)C)CCN(CC(=O)OC(C)(C)C)CC1)OC. The van der Waals surface area contributed by atoms with Gasteiger partial charge in [0.2, 0.25) is 7.37 Å². The van der Waals surface area contributed by atoms with E-state index in [4.69, 9.17) is 18.7 Å². The monoisotopic (exact) mass is 646 g/mol.